The Kier molecular flexibility index (Phi) is 5.72. The van der Waals surface area contributed by atoms with Crippen LogP contribution in [0.1, 0.15) is 71.8 Å². The second-order valence-corrected chi connectivity index (χ2v) is 7.48. The van der Waals surface area contributed by atoms with Gasteiger partial charge in [0, 0.05) is 11.7 Å². The lowest BCUT2D eigenvalue weighted by atomic mass is 9.69. The molecule has 0 aliphatic heterocycles. The van der Waals surface area contributed by atoms with E-state index >= 15 is 0 Å². The van der Waals surface area contributed by atoms with Crippen LogP contribution >= 0.6 is 0 Å². The molecule has 1 aromatic carbocycles. The van der Waals surface area contributed by atoms with Crippen LogP contribution in [-0.2, 0) is 6.42 Å². The van der Waals surface area contributed by atoms with E-state index < -0.39 is 0 Å². The van der Waals surface area contributed by atoms with Crippen LogP contribution in [0.2, 0.25) is 0 Å². The topological polar surface area (TPSA) is 12.0 Å². The maximum atomic E-state index is 3.74. The molecule has 2 rings (SSSR count). The van der Waals surface area contributed by atoms with E-state index in [0.29, 0.717) is 11.5 Å². The van der Waals surface area contributed by atoms with Gasteiger partial charge in [0.2, 0.25) is 0 Å². The minimum absolute atomic E-state index is 0.521. The summed E-state index contributed by atoms with van der Waals surface area (Å²) in [5.74, 6) is 0.910. The second-order valence-electron chi connectivity index (χ2n) is 7.48. The van der Waals surface area contributed by atoms with Gasteiger partial charge < -0.3 is 5.32 Å². The predicted octanol–water partition coefficient (Wildman–Crippen LogP) is 6.05. The summed E-state index contributed by atoms with van der Waals surface area (Å²) in [6.45, 7) is 9.46. The van der Waals surface area contributed by atoms with E-state index in [0.717, 1.165) is 5.92 Å². The molecule has 1 saturated carbocycles. The summed E-state index contributed by atoms with van der Waals surface area (Å²) in [4.78, 5) is 0. The maximum Gasteiger partial charge on any atom is 0.0342 e. The zero-order valence-corrected chi connectivity index (χ0v) is 14.4. The van der Waals surface area contributed by atoms with E-state index in [1.165, 1.54) is 56.2 Å². The first-order chi connectivity index (χ1) is 10.0. The van der Waals surface area contributed by atoms with Crippen molar-refractivity contribution in [3.05, 3.63) is 29.8 Å². The SMILES string of the molecule is CCCc1ccc(NC2CCC(C(C)(C)CC)CC2)cc1. The van der Waals surface area contributed by atoms with Gasteiger partial charge in [-0.05, 0) is 61.1 Å². The van der Waals surface area contributed by atoms with E-state index in [4.69, 9.17) is 0 Å². The lowest BCUT2D eigenvalue weighted by Gasteiger charge is -2.39. The van der Waals surface area contributed by atoms with Gasteiger partial charge in [-0.1, -0.05) is 52.7 Å². The van der Waals surface area contributed by atoms with Crippen LogP contribution in [0.15, 0.2) is 24.3 Å². The molecule has 0 bridgehead atoms. The van der Waals surface area contributed by atoms with Gasteiger partial charge >= 0.3 is 0 Å². The highest BCUT2D eigenvalue weighted by Crippen LogP contribution is 2.40. The van der Waals surface area contributed by atoms with Crippen LogP contribution in [0.4, 0.5) is 5.69 Å². The monoisotopic (exact) mass is 287 g/mol. The minimum atomic E-state index is 0.521. The molecule has 118 valence electrons. The summed E-state index contributed by atoms with van der Waals surface area (Å²) in [6.07, 6.45) is 9.13. The van der Waals surface area contributed by atoms with Gasteiger partial charge in [-0.2, -0.15) is 0 Å². The van der Waals surface area contributed by atoms with Crippen molar-refractivity contribution in [2.45, 2.75) is 78.7 Å². The Morgan fingerprint density at radius 3 is 2.14 bits per heavy atom. The first-order valence-corrected chi connectivity index (χ1v) is 8.90. The van der Waals surface area contributed by atoms with Gasteiger partial charge in [0.05, 0.1) is 0 Å². The molecule has 1 aromatic rings. The summed E-state index contributed by atoms with van der Waals surface area (Å²) in [5.41, 5.74) is 3.27. The molecule has 1 aliphatic rings. The van der Waals surface area contributed by atoms with Gasteiger partial charge in [-0.3, -0.25) is 0 Å². The van der Waals surface area contributed by atoms with Gasteiger partial charge in [-0.25, -0.2) is 0 Å². The number of hydrogen-bond donors (Lipinski definition) is 1. The van der Waals surface area contributed by atoms with Crippen molar-refractivity contribution in [3.63, 3.8) is 0 Å². The molecule has 0 atom stereocenters. The number of hydrogen-bond acceptors (Lipinski definition) is 1. The second kappa shape index (κ2) is 7.33. The van der Waals surface area contributed by atoms with Gasteiger partial charge in [0.25, 0.3) is 0 Å². The van der Waals surface area contributed by atoms with Crippen molar-refractivity contribution in [2.75, 3.05) is 5.32 Å². The van der Waals surface area contributed by atoms with Crippen molar-refractivity contribution in [1.29, 1.82) is 0 Å². The maximum absolute atomic E-state index is 3.74. The van der Waals surface area contributed by atoms with Crippen molar-refractivity contribution in [2.24, 2.45) is 11.3 Å². The van der Waals surface area contributed by atoms with E-state index in [1.54, 1.807) is 0 Å². The fourth-order valence-corrected chi connectivity index (χ4v) is 3.60. The predicted molar refractivity (Wildman–Crippen MR) is 93.9 cm³/mol. The summed E-state index contributed by atoms with van der Waals surface area (Å²) in [6, 6.07) is 9.74. The highest BCUT2D eigenvalue weighted by Gasteiger charge is 2.31. The van der Waals surface area contributed by atoms with E-state index in [9.17, 15) is 0 Å². The first kappa shape index (κ1) is 16.4. The fourth-order valence-electron chi connectivity index (χ4n) is 3.60. The quantitative estimate of drug-likeness (QED) is 0.672. The van der Waals surface area contributed by atoms with Crippen LogP contribution in [0.25, 0.3) is 0 Å². The first-order valence-electron chi connectivity index (χ1n) is 8.90. The summed E-state index contributed by atoms with van der Waals surface area (Å²) < 4.78 is 0. The molecule has 0 unspecified atom stereocenters. The third-order valence-corrected chi connectivity index (χ3v) is 5.61. The molecule has 1 aliphatic carbocycles. The molecule has 0 aromatic heterocycles. The molecule has 0 amide bonds. The van der Waals surface area contributed by atoms with Crippen molar-refractivity contribution in [1.82, 2.24) is 0 Å². The average molecular weight is 287 g/mol. The molecule has 0 heterocycles. The standard InChI is InChI=1S/C20H33N/c1-5-7-16-8-12-18(13-9-16)21-19-14-10-17(11-15-19)20(3,4)6-2/h8-9,12-13,17,19,21H,5-7,10-11,14-15H2,1-4H3. The lowest BCUT2D eigenvalue weighted by Crippen LogP contribution is -2.32. The molecular weight excluding hydrogens is 254 g/mol. The Bertz CT molecular complexity index is 410. The molecule has 0 saturated heterocycles. The Labute approximate surface area is 131 Å². The Morgan fingerprint density at radius 2 is 1.62 bits per heavy atom. The normalized spacial score (nSPS) is 23.0. The number of rotatable bonds is 6. The van der Waals surface area contributed by atoms with E-state index in [-0.39, 0.29) is 0 Å². The Hall–Kier alpha value is -0.980. The largest absolute Gasteiger partial charge is 0.382 e. The van der Waals surface area contributed by atoms with Crippen LogP contribution in [0, 0.1) is 11.3 Å². The molecule has 1 heteroatoms. The minimum Gasteiger partial charge on any atom is -0.382 e. The Balaban J connectivity index is 1.83. The van der Waals surface area contributed by atoms with Gasteiger partial charge in [-0.15, -0.1) is 0 Å². The van der Waals surface area contributed by atoms with Crippen LogP contribution < -0.4 is 5.32 Å². The number of anilines is 1. The van der Waals surface area contributed by atoms with Gasteiger partial charge in [0.1, 0.15) is 0 Å². The van der Waals surface area contributed by atoms with Crippen LogP contribution in [0.5, 0.6) is 0 Å². The van der Waals surface area contributed by atoms with Crippen LogP contribution in [0.3, 0.4) is 0 Å². The van der Waals surface area contributed by atoms with Crippen molar-refractivity contribution >= 4 is 5.69 Å². The molecule has 1 N–H and O–H groups in total. The number of aryl methyl sites for hydroxylation is 1. The van der Waals surface area contributed by atoms with E-state index in [1.807, 2.05) is 0 Å². The third kappa shape index (κ3) is 4.49. The average Bonchev–Trinajstić information content (AvgIpc) is 2.50. The fraction of sp³-hybridized carbons (Fsp3) is 0.700. The molecule has 1 nitrogen and oxygen atoms in total. The molecule has 0 radical (unpaired) electrons. The molecule has 1 fully saturated rings. The zero-order valence-electron chi connectivity index (χ0n) is 14.4. The number of benzene rings is 1. The zero-order chi connectivity index (χ0) is 15.3. The molecular formula is C20H33N. The smallest absolute Gasteiger partial charge is 0.0342 e. The highest BCUT2D eigenvalue weighted by atomic mass is 14.9. The Morgan fingerprint density at radius 1 is 1.00 bits per heavy atom. The molecule has 21 heavy (non-hydrogen) atoms. The van der Waals surface area contributed by atoms with Crippen molar-refractivity contribution in [3.8, 4) is 0 Å². The lowest BCUT2D eigenvalue weighted by molar-refractivity contribution is 0.147. The van der Waals surface area contributed by atoms with Gasteiger partial charge in [0.15, 0.2) is 0 Å². The molecule has 0 spiro atoms. The van der Waals surface area contributed by atoms with E-state index in [2.05, 4.69) is 57.3 Å². The third-order valence-electron chi connectivity index (χ3n) is 5.61. The highest BCUT2D eigenvalue weighted by molar-refractivity contribution is 5.45. The van der Waals surface area contributed by atoms with Crippen molar-refractivity contribution < 1.29 is 0 Å². The van der Waals surface area contributed by atoms with Crippen LogP contribution in [-0.4, -0.2) is 6.04 Å². The number of nitrogens with one attached hydrogen (secondary N) is 1. The summed E-state index contributed by atoms with van der Waals surface area (Å²) in [5, 5.41) is 3.74. The summed E-state index contributed by atoms with van der Waals surface area (Å²) in [7, 11) is 0. The summed E-state index contributed by atoms with van der Waals surface area (Å²) >= 11 is 0.